The first-order chi connectivity index (χ1) is 16.4. The van der Waals surface area contributed by atoms with Gasteiger partial charge in [-0.1, -0.05) is 82.6 Å². The van der Waals surface area contributed by atoms with Gasteiger partial charge in [-0.2, -0.15) is 0 Å². The quantitative estimate of drug-likeness (QED) is 0.318. The van der Waals surface area contributed by atoms with E-state index in [1.54, 1.807) is 0 Å². The number of para-hydroxylation sites is 2. The van der Waals surface area contributed by atoms with Gasteiger partial charge < -0.3 is 16.0 Å². The van der Waals surface area contributed by atoms with Crippen molar-refractivity contribution in [1.29, 1.82) is 0 Å². The number of benzene rings is 3. The van der Waals surface area contributed by atoms with Crippen LogP contribution in [0.5, 0.6) is 0 Å². The Morgan fingerprint density at radius 3 is 2.15 bits per heavy atom. The summed E-state index contributed by atoms with van der Waals surface area (Å²) in [7, 11) is 0. The molecule has 4 rings (SSSR count). The Kier molecular flexibility index (Phi) is 7.50. The molecule has 2 unspecified atom stereocenters. The molecule has 0 aromatic heterocycles. The number of hydrogen-bond donors (Lipinski definition) is 3. The second-order valence-corrected chi connectivity index (χ2v) is 10.4. The molecular formula is C31H41N3. The van der Waals surface area contributed by atoms with Gasteiger partial charge in [0.2, 0.25) is 0 Å². The van der Waals surface area contributed by atoms with Crippen LogP contribution in [0, 0.1) is 6.92 Å². The number of anilines is 4. The first-order valence-corrected chi connectivity index (χ1v) is 13.0. The van der Waals surface area contributed by atoms with E-state index in [1.165, 1.54) is 33.6 Å². The average Bonchev–Trinajstić information content (AvgIpc) is 2.83. The zero-order valence-electron chi connectivity index (χ0n) is 21.7. The predicted octanol–water partition coefficient (Wildman–Crippen LogP) is 8.60. The number of aryl methyl sites for hydroxylation is 2. The van der Waals surface area contributed by atoms with Crippen LogP contribution >= 0.6 is 0 Å². The lowest BCUT2D eigenvalue weighted by Crippen LogP contribution is -2.42. The summed E-state index contributed by atoms with van der Waals surface area (Å²) in [6.07, 6.45) is 3.30. The van der Waals surface area contributed by atoms with Crippen molar-refractivity contribution in [1.82, 2.24) is 0 Å². The molecule has 2 atom stereocenters. The Morgan fingerprint density at radius 2 is 1.53 bits per heavy atom. The maximum atomic E-state index is 4.02. The van der Waals surface area contributed by atoms with Crippen molar-refractivity contribution < 1.29 is 0 Å². The summed E-state index contributed by atoms with van der Waals surface area (Å²) in [5.74, 6) is 0.980. The zero-order valence-corrected chi connectivity index (χ0v) is 21.7. The topological polar surface area (TPSA) is 36.1 Å². The molecule has 0 fully saturated rings. The maximum Gasteiger partial charge on any atom is 0.0622 e. The van der Waals surface area contributed by atoms with Crippen molar-refractivity contribution in [2.75, 3.05) is 16.0 Å². The van der Waals surface area contributed by atoms with Crippen LogP contribution in [0.15, 0.2) is 60.7 Å². The Bertz CT molecular complexity index is 1070. The number of hydrogen-bond acceptors (Lipinski definition) is 3. The van der Waals surface area contributed by atoms with Crippen LogP contribution in [-0.4, -0.2) is 12.1 Å². The third-order valence-corrected chi connectivity index (χ3v) is 7.16. The first kappa shape index (κ1) is 24.2. The summed E-state index contributed by atoms with van der Waals surface area (Å²) in [6.45, 7) is 13.6. The highest BCUT2D eigenvalue weighted by Gasteiger charge is 2.27. The fraction of sp³-hybridized carbons (Fsp3) is 0.419. The molecule has 0 spiro atoms. The van der Waals surface area contributed by atoms with Gasteiger partial charge in [0.25, 0.3) is 0 Å². The largest absolute Gasteiger partial charge is 0.380 e. The normalized spacial score (nSPS) is 16.2. The van der Waals surface area contributed by atoms with Crippen molar-refractivity contribution in [2.45, 2.75) is 84.7 Å². The number of nitrogens with one attached hydrogen (secondary N) is 3. The molecule has 3 heteroatoms. The van der Waals surface area contributed by atoms with Crippen molar-refractivity contribution in [3.05, 3.63) is 82.9 Å². The molecule has 180 valence electrons. The third-order valence-electron chi connectivity index (χ3n) is 7.16. The first-order valence-electron chi connectivity index (χ1n) is 13.0. The van der Waals surface area contributed by atoms with E-state index in [-0.39, 0.29) is 0 Å². The van der Waals surface area contributed by atoms with Crippen molar-refractivity contribution >= 4 is 22.7 Å². The van der Waals surface area contributed by atoms with Crippen molar-refractivity contribution in [3.63, 3.8) is 0 Å². The summed E-state index contributed by atoms with van der Waals surface area (Å²) in [4.78, 5) is 0. The SMILES string of the molecule is CCC(Nc1c(C(C)C)cccc1C(C)C)C1CCc2cccc(Nc3ccc(C)cc3)c2N1. The molecule has 1 aliphatic rings. The van der Waals surface area contributed by atoms with Gasteiger partial charge in [0.15, 0.2) is 0 Å². The third kappa shape index (κ3) is 5.24. The standard InChI is InChI=1S/C31H41N3/c1-7-27(33-31-25(20(2)3)11-9-12-26(31)21(4)5)28-19-16-23-10-8-13-29(30(23)34-28)32-24-17-14-22(6)15-18-24/h8-15,17-18,20-21,27-28,32-34H,7,16,19H2,1-6H3. The van der Waals surface area contributed by atoms with Crippen LogP contribution in [0.25, 0.3) is 0 Å². The van der Waals surface area contributed by atoms with Gasteiger partial charge in [-0.3, -0.25) is 0 Å². The van der Waals surface area contributed by atoms with Gasteiger partial charge >= 0.3 is 0 Å². The summed E-state index contributed by atoms with van der Waals surface area (Å²) in [5, 5.41) is 11.6. The average molecular weight is 456 g/mol. The van der Waals surface area contributed by atoms with Crippen molar-refractivity contribution in [2.24, 2.45) is 0 Å². The highest BCUT2D eigenvalue weighted by Crippen LogP contribution is 2.37. The van der Waals surface area contributed by atoms with Crippen LogP contribution in [0.2, 0.25) is 0 Å². The zero-order chi connectivity index (χ0) is 24.2. The molecule has 34 heavy (non-hydrogen) atoms. The van der Waals surface area contributed by atoms with E-state index in [0.717, 1.165) is 30.6 Å². The van der Waals surface area contributed by atoms with Gasteiger partial charge in [-0.15, -0.1) is 0 Å². The van der Waals surface area contributed by atoms with Gasteiger partial charge in [-0.05, 0) is 72.9 Å². The van der Waals surface area contributed by atoms with E-state index in [9.17, 15) is 0 Å². The second kappa shape index (κ2) is 10.5. The molecule has 3 nitrogen and oxygen atoms in total. The Hall–Kier alpha value is -2.94. The van der Waals surface area contributed by atoms with Gasteiger partial charge in [0, 0.05) is 23.5 Å². The van der Waals surface area contributed by atoms with Crippen LogP contribution < -0.4 is 16.0 Å². The summed E-state index contributed by atoms with van der Waals surface area (Å²) < 4.78 is 0. The molecule has 3 aromatic carbocycles. The Balaban J connectivity index is 1.60. The molecule has 0 amide bonds. The van der Waals surface area contributed by atoms with Crippen molar-refractivity contribution in [3.8, 4) is 0 Å². The lowest BCUT2D eigenvalue weighted by molar-refractivity contribution is 0.526. The summed E-state index contributed by atoms with van der Waals surface area (Å²) in [6, 6.07) is 22.8. The fourth-order valence-electron chi connectivity index (χ4n) is 5.14. The van der Waals surface area contributed by atoms with E-state index in [2.05, 4.69) is 118 Å². The minimum Gasteiger partial charge on any atom is -0.380 e. The van der Waals surface area contributed by atoms with E-state index < -0.39 is 0 Å². The highest BCUT2D eigenvalue weighted by molar-refractivity contribution is 5.78. The number of fused-ring (bicyclic) bond motifs is 1. The minimum absolute atomic E-state index is 0.359. The van der Waals surface area contributed by atoms with Gasteiger partial charge in [0.1, 0.15) is 0 Å². The van der Waals surface area contributed by atoms with E-state index >= 15 is 0 Å². The van der Waals surface area contributed by atoms with Crippen LogP contribution in [0.3, 0.4) is 0 Å². The van der Waals surface area contributed by atoms with E-state index in [0.29, 0.717) is 23.9 Å². The molecule has 0 radical (unpaired) electrons. The van der Waals surface area contributed by atoms with Crippen LogP contribution in [0.1, 0.15) is 81.5 Å². The van der Waals surface area contributed by atoms with Crippen LogP contribution in [0.4, 0.5) is 22.7 Å². The Labute approximate surface area is 206 Å². The fourth-order valence-corrected chi connectivity index (χ4v) is 5.14. The molecule has 0 saturated carbocycles. The van der Waals surface area contributed by atoms with E-state index in [1.807, 2.05) is 0 Å². The summed E-state index contributed by atoms with van der Waals surface area (Å²) in [5.41, 5.74) is 10.4. The van der Waals surface area contributed by atoms with Gasteiger partial charge in [-0.25, -0.2) is 0 Å². The van der Waals surface area contributed by atoms with Crippen LogP contribution in [-0.2, 0) is 6.42 Å². The molecular weight excluding hydrogens is 414 g/mol. The minimum atomic E-state index is 0.359. The molecule has 1 aliphatic heterocycles. The van der Waals surface area contributed by atoms with E-state index in [4.69, 9.17) is 0 Å². The molecule has 0 bridgehead atoms. The molecule has 3 N–H and O–H groups in total. The Morgan fingerprint density at radius 1 is 0.882 bits per heavy atom. The predicted molar refractivity (Wildman–Crippen MR) is 149 cm³/mol. The summed E-state index contributed by atoms with van der Waals surface area (Å²) >= 11 is 0. The maximum absolute atomic E-state index is 4.02. The molecule has 3 aromatic rings. The molecule has 0 aliphatic carbocycles. The van der Waals surface area contributed by atoms with Gasteiger partial charge in [0.05, 0.1) is 11.4 Å². The number of rotatable bonds is 8. The lowest BCUT2D eigenvalue weighted by atomic mass is 9.89. The lowest BCUT2D eigenvalue weighted by Gasteiger charge is -2.36. The molecule has 1 heterocycles. The smallest absolute Gasteiger partial charge is 0.0622 e. The monoisotopic (exact) mass is 455 g/mol. The second-order valence-electron chi connectivity index (χ2n) is 10.4. The molecule has 0 saturated heterocycles. The highest BCUT2D eigenvalue weighted by atomic mass is 15.1.